The number of nitrogens with zero attached hydrogens (tertiary/aromatic N) is 1. The first kappa shape index (κ1) is 19.0. The van der Waals surface area contributed by atoms with E-state index in [1.807, 2.05) is 48.5 Å². The van der Waals surface area contributed by atoms with Crippen LogP contribution in [0.4, 0.5) is 5.69 Å². The Bertz CT molecular complexity index is 1280. The fourth-order valence-electron chi connectivity index (χ4n) is 6.42. The lowest BCUT2D eigenvalue weighted by molar-refractivity contribution is -0.132. The van der Waals surface area contributed by atoms with E-state index in [9.17, 15) is 14.4 Å². The second-order valence-electron chi connectivity index (χ2n) is 8.70. The van der Waals surface area contributed by atoms with Gasteiger partial charge in [0.25, 0.3) is 0 Å². The second-order valence-corrected chi connectivity index (χ2v) is 8.70. The summed E-state index contributed by atoms with van der Waals surface area (Å²) in [6, 6.07) is 22.6. The van der Waals surface area contributed by atoms with Gasteiger partial charge in [-0.1, -0.05) is 60.7 Å². The number of carbonyl (C=O) groups is 3. The Morgan fingerprint density at radius 3 is 2.00 bits per heavy atom. The van der Waals surface area contributed by atoms with E-state index in [2.05, 4.69) is 0 Å². The Morgan fingerprint density at radius 1 is 0.844 bits per heavy atom. The van der Waals surface area contributed by atoms with Crippen LogP contribution in [0.25, 0.3) is 0 Å². The molecule has 32 heavy (non-hydrogen) atoms. The van der Waals surface area contributed by atoms with Crippen LogP contribution >= 0.6 is 0 Å². The molecule has 2 atom stereocenters. The van der Waals surface area contributed by atoms with Crippen LogP contribution in [-0.4, -0.2) is 24.7 Å². The quantitative estimate of drug-likeness (QED) is 0.601. The second kappa shape index (κ2) is 6.39. The molecular formula is C27H21NO4. The third-order valence-electron chi connectivity index (χ3n) is 7.50. The molecule has 2 bridgehead atoms. The molecule has 1 aliphatic heterocycles. The van der Waals surface area contributed by atoms with Gasteiger partial charge in [0.1, 0.15) is 11.5 Å². The lowest BCUT2D eigenvalue weighted by Crippen LogP contribution is -2.57. The Labute approximate surface area is 185 Å². The Balaban J connectivity index is 1.67. The van der Waals surface area contributed by atoms with Gasteiger partial charge in [-0.15, -0.1) is 0 Å². The third-order valence-corrected chi connectivity index (χ3v) is 7.50. The minimum atomic E-state index is -1.18. The monoisotopic (exact) mass is 423 g/mol. The Kier molecular flexibility index (Phi) is 3.79. The summed E-state index contributed by atoms with van der Waals surface area (Å²) in [6.45, 7) is 1.54. The highest BCUT2D eigenvalue weighted by Crippen LogP contribution is 2.64. The summed E-state index contributed by atoms with van der Waals surface area (Å²) >= 11 is 0. The third kappa shape index (κ3) is 2.01. The van der Waals surface area contributed by atoms with Crippen LogP contribution < -0.4 is 9.64 Å². The van der Waals surface area contributed by atoms with E-state index in [0.717, 1.165) is 22.3 Å². The van der Waals surface area contributed by atoms with Crippen molar-refractivity contribution in [2.75, 3.05) is 12.0 Å². The van der Waals surface area contributed by atoms with Crippen LogP contribution in [-0.2, 0) is 19.8 Å². The SMILES string of the molecule is COc1ccccc1N1C(=O)C2C3c4ccccc4C(C(C)=O)(c4ccccc43)C2C1=O. The molecular weight excluding hydrogens is 402 g/mol. The summed E-state index contributed by atoms with van der Waals surface area (Å²) in [6.07, 6.45) is 0. The molecule has 4 aliphatic rings. The number of benzene rings is 3. The van der Waals surface area contributed by atoms with Crippen molar-refractivity contribution in [3.8, 4) is 5.75 Å². The number of rotatable bonds is 3. The molecule has 2 amide bonds. The van der Waals surface area contributed by atoms with Crippen LogP contribution in [0, 0.1) is 11.8 Å². The van der Waals surface area contributed by atoms with Gasteiger partial charge in [0.2, 0.25) is 11.8 Å². The van der Waals surface area contributed by atoms with E-state index in [4.69, 9.17) is 4.74 Å². The molecule has 0 spiro atoms. The van der Waals surface area contributed by atoms with Crippen LogP contribution in [0.1, 0.15) is 35.1 Å². The van der Waals surface area contributed by atoms with E-state index >= 15 is 0 Å². The predicted octanol–water partition coefficient (Wildman–Crippen LogP) is 3.84. The minimum Gasteiger partial charge on any atom is -0.495 e. The molecule has 1 fully saturated rings. The summed E-state index contributed by atoms with van der Waals surface area (Å²) in [5.41, 5.74) is 2.86. The molecule has 3 aliphatic carbocycles. The van der Waals surface area contributed by atoms with Crippen molar-refractivity contribution < 1.29 is 19.1 Å². The number of ether oxygens (including phenoxy) is 1. The zero-order chi connectivity index (χ0) is 22.2. The average molecular weight is 423 g/mol. The van der Waals surface area contributed by atoms with Gasteiger partial charge in [-0.2, -0.15) is 0 Å². The summed E-state index contributed by atoms with van der Waals surface area (Å²) < 4.78 is 5.46. The van der Waals surface area contributed by atoms with E-state index < -0.39 is 17.3 Å². The zero-order valence-electron chi connectivity index (χ0n) is 17.7. The van der Waals surface area contributed by atoms with Crippen molar-refractivity contribution >= 4 is 23.3 Å². The van der Waals surface area contributed by atoms with E-state index in [1.165, 1.54) is 12.0 Å². The molecule has 3 aromatic rings. The zero-order valence-corrected chi connectivity index (χ0v) is 17.7. The number of para-hydroxylation sites is 2. The minimum absolute atomic E-state index is 0.117. The van der Waals surface area contributed by atoms with Gasteiger partial charge in [0.05, 0.1) is 30.0 Å². The summed E-state index contributed by atoms with van der Waals surface area (Å²) in [5, 5.41) is 0. The maximum absolute atomic E-state index is 14.0. The van der Waals surface area contributed by atoms with Gasteiger partial charge < -0.3 is 4.74 Å². The highest BCUT2D eigenvalue weighted by atomic mass is 16.5. The van der Waals surface area contributed by atoms with Crippen molar-refractivity contribution in [3.05, 3.63) is 95.1 Å². The molecule has 1 saturated heterocycles. The van der Waals surface area contributed by atoms with Crippen LogP contribution in [0.15, 0.2) is 72.8 Å². The summed E-state index contributed by atoms with van der Waals surface area (Å²) in [7, 11) is 1.52. The maximum atomic E-state index is 14.0. The molecule has 0 aromatic heterocycles. The van der Waals surface area contributed by atoms with Crippen molar-refractivity contribution in [2.24, 2.45) is 11.8 Å². The number of hydrogen-bond donors (Lipinski definition) is 0. The molecule has 158 valence electrons. The largest absolute Gasteiger partial charge is 0.495 e. The number of amides is 2. The Hall–Kier alpha value is -3.73. The number of Topliss-reactive ketones (excluding diaryl/α,β-unsaturated/α-hetero) is 1. The van der Waals surface area contributed by atoms with Gasteiger partial charge in [0, 0.05) is 5.92 Å². The lowest BCUT2D eigenvalue weighted by atomic mass is 9.46. The number of hydrogen-bond acceptors (Lipinski definition) is 4. The van der Waals surface area contributed by atoms with E-state index in [1.54, 1.807) is 31.2 Å². The molecule has 2 unspecified atom stereocenters. The number of carbonyl (C=O) groups excluding carboxylic acids is 3. The molecule has 0 saturated carbocycles. The fraction of sp³-hybridized carbons (Fsp3) is 0.222. The number of imide groups is 1. The number of methoxy groups -OCH3 is 1. The highest BCUT2D eigenvalue weighted by Gasteiger charge is 2.70. The number of ketones is 1. The van der Waals surface area contributed by atoms with Crippen molar-refractivity contribution in [2.45, 2.75) is 18.3 Å². The fourth-order valence-corrected chi connectivity index (χ4v) is 6.42. The Morgan fingerprint density at radius 2 is 1.41 bits per heavy atom. The van der Waals surface area contributed by atoms with Gasteiger partial charge in [0.15, 0.2) is 0 Å². The molecule has 0 N–H and O–H groups in total. The van der Waals surface area contributed by atoms with Crippen molar-refractivity contribution in [3.63, 3.8) is 0 Å². The summed E-state index contributed by atoms with van der Waals surface area (Å²) in [4.78, 5) is 42.8. The molecule has 7 rings (SSSR count). The summed E-state index contributed by atoms with van der Waals surface area (Å²) in [5.74, 6) is -1.98. The van der Waals surface area contributed by atoms with Crippen molar-refractivity contribution in [1.82, 2.24) is 0 Å². The van der Waals surface area contributed by atoms with Gasteiger partial charge in [-0.3, -0.25) is 14.4 Å². The molecule has 0 radical (unpaired) electrons. The van der Waals surface area contributed by atoms with E-state index in [-0.39, 0.29) is 23.5 Å². The molecule has 5 heteroatoms. The highest BCUT2D eigenvalue weighted by molar-refractivity contribution is 6.26. The number of anilines is 1. The average Bonchev–Trinajstić information content (AvgIpc) is 3.09. The van der Waals surface area contributed by atoms with Gasteiger partial charge >= 0.3 is 0 Å². The molecule has 1 heterocycles. The predicted molar refractivity (Wildman–Crippen MR) is 119 cm³/mol. The standard InChI is InChI=1S/C27H21NO4/c1-15(29)27-18-11-5-3-9-16(18)22(17-10-4-6-12-19(17)27)23-24(27)26(31)28(25(23)30)20-13-7-8-14-21(20)32-2/h3-14,22-24H,1-2H3. The first-order valence-corrected chi connectivity index (χ1v) is 10.7. The normalized spacial score (nSPS) is 27.1. The molecule has 5 nitrogen and oxygen atoms in total. The molecule has 3 aromatic carbocycles. The van der Waals surface area contributed by atoms with Crippen LogP contribution in [0.3, 0.4) is 0 Å². The van der Waals surface area contributed by atoms with Gasteiger partial charge in [-0.05, 0) is 41.3 Å². The topological polar surface area (TPSA) is 63.7 Å². The smallest absolute Gasteiger partial charge is 0.239 e. The first-order chi connectivity index (χ1) is 15.5. The lowest BCUT2D eigenvalue weighted by Gasteiger charge is -2.52. The maximum Gasteiger partial charge on any atom is 0.239 e. The van der Waals surface area contributed by atoms with Crippen LogP contribution in [0.2, 0.25) is 0 Å². The van der Waals surface area contributed by atoms with E-state index in [0.29, 0.717) is 11.4 Å². The first-order valence-electron chi connectivity index (χ1n) is 10.7. The van der Waals surface area contributed by atoms with Crippen molar-refractivity contribution in [1.29, 1.82) is 0 Å². The van der Waals surface area contributed by atoms with Crippen LogP contribution in [0.5, 0.6) is 5.75 Å². The van der Waals surface area contributed by atoms with Gasteiger partial charge in [-0.25, -0.2) is 4.90 Å².